The minimum Gasteiger partial charge on any atom is -0.495 e. The Labute approximate surface area is 114 Å². The average molecular weight is 266 g/mol. The van der Waals surface area contributed by atoms with Crippen LogP contribution in [0.5, 0.6) is 5.75 Å². The predicted molar refractivity (Wildman–Crippen MR) is 75.5 cm³/mol. The Kier molecular flexibility index (Phi) is 5.63. The van der Waals surface area contributed by atoms with E-state index in [4.69, 9.17) is 9.84 Å². The second-order valence-electron chi connectivity index (χ2n) is 5.15. The van der Waals surface area contributed by atoms with Crippen molar-refractivity contribution >= 4 is 11.7 Å². The summed E-state index contributed by atoms with van der Waals surface area (Å²) in [5.41, 5.74) is 0.495. The van der Waals surface area contributed by atoms with Crippen LogP contribution in [0.25, 0.3) is 0 Å². The quantitative estimate of drug-likeness (QED) is 0.739. The SMILES string of the molecule is COc1ccccc1NC(=O)NCC(C)(C)CCO. The molecule has 5 heteroatoms. The van der Waals surface area contributed by atoms with Crippen molar-refractivity contribution in [3.63, 3.8) is 0 Å². The number of aliphatic hydroxyl groups is 1. The van der Waals surface area contributed by atoms with Gasteiger partial charge in [-0.25, -0.2) is 4.79 Å². The lowest BCUT2D eigenvalue weighted by molar-refractivity contribution is 0.204. The maximum Gasteiger partial charge on any atom is 0.319 e. The van der Waals surface area contributed by atoms with Crippen LogP contribution in [0.4, 0.5) is 10.5 Å². The minimum atomic E-state index is -0.282. The van der Waals surface area contributed by atoms with Gasteiger partial charge in [-0.1, -0.05) is 26.0 Å². The Morgan fingerprint density at radius 2 is 2.05 bits per heavy atom. The maximum atomic E-state index is 11.8. The number of benzene rings is 1. The molecule has 2 amide bonds. The van der Waals surface area contributed by atoms with Gasteiger partial charge in [0.05, 0.1) is 12.8 Å². The summed E-state index contributed by atoms with van der Waals surface area (Å²) in [6.45, 7) is 4.59. The van der Waals surface area contributed by atoms with Crippen molar-refractivity contribution in [2.24, 2.45) is 5.41 Å². The summed E-state index contributed by atoms with van der Waals surface area (Å²) in [5.74, 6) is 0.618. The van der Waals surface area contributed by atoms with Crippen LogP contribution in [-0.4, -0.2) is 31.4 Å². The molecular weight excluding hydrogens is 244 g/mol. The number of hydrogen-bond donors (Lipinski definition) is 3. The monoisotopic (exact) mass is 266 g/mol. The van der Waals surface area contributed by atoms with Crippen molar-refractivity contribution in [3.05, 3.63) is 24.3 Å². The molecule has 1 aromatic rings. The second kappa shape index (κ2) is 6.99. The molecule has 0 atom stereocenters. The number of amides is 2. The van der Waals surface area contributed by atoms with Crippen molar-refractivity contribution in [2.75, 3.05) is 25.6 Å². The number of para-hydroxylation sites is 2. The van der Waals surface area contributed by atoms with E-state index in [0.717, 1.165) is 0 Å². The van der Waals surface area contributed by atoms with Gasteiger partial charge in [0, 0.05) is 13.2 Å². The molecule has 3 N–H and O–H groups in total. The van der Waals surface area contributed by atoms with Gasteiger partial charge in [0.1, 0.15) is 5.75 Å². The first-order valence-corrected chi connectivity index (χ1v) is 6.27. The predicted octanol–water partition coefficient (Wildman–Crippen LogP) is 2.23. The molecule has 0 radical (unpaired) electrons. The maximum absolute atomic E-state index is 11.8. The van der Waals surface area contributed by atoms with Crippen molar-refractivity contribution in [3.8, 4) is 5.75 Å². The zero-order valence-electron chi connectivity index (χ0n) is 11.7. The molecule has 0 saturated carbocycles. The van der Waals surface area contributed by atoms with E-state index < -0.39 is 0 Å². The highest BCUT2D eigenvalue weighted by atomic mass is 16.5. The van der Waals surface area contributed by atoms with Gasteiger partial charge < -0.3 is 20.5 Å². The summed E-state index contributed by atoms with van der Waals surface area (Å²) >= 11 is 0. The number of nitrogens with one attached hydrogen (secondary N) is 2. The Morgan fingerprint density at radius 1 is 1.37 bits per heavy atom. The van der Waals surface area contributed by atoms with E-state index in [2.05, 4.69) is 10.6 Å². The Bertz CT molecular complexity index is 419. The fraction of sp³-hybridized carbons (Fsp3) is 0.500. The fourth-order valence-electron chi connectivity index (χ4n) is 1.63. The van der Waals surface area contributed by atoms with Crippen LogP contribution in [0, 0.1) is 5.41 Å². The molecule has 0 fully saturated rings. The van der Waals surface area contributed by atoms with E-state index in [9.17, 15) is 4.79 Å². The van der Waals surface area contributed by atoms with Gasteiger partial charge in [-0.3, -0.25) is 0 Å². The highest BCUT2D eigenvalue weighted by Gasteiger charge is 2.18. The average Bonchev–Trinajstić information content (AvgIpc) is 2.37. The van der Waals surface area contributed by atoms with Gasteiger partial charge in [0.25, 0.3) is 0 Å². The smallest absolute Gasteiger partial charge is 0.319 e. The largest absolute Gasteiger partial charge is 0.495 e. The minimum absolute atomic E-state index is 0.114. The van der Waals surface area contributed by atoms with E-state index in [0.29, 0.717) is 24.4 Å². The number of ether oxygens (including phenoxy) is 1. The van der Waals surface area contributed by atoms with Gasteiger partial charge in [0.2, 0.25) is 0 Å². The first-order chi connectivity index (χ1) is 8.98. The molecule has 0 aliphatic carbocycles. The summed E-state index contributed by atoms with van der Waals surface area (Å²) in [6, 6.07) is 6.94. The molecule has 0 aliphatic rings. The molecule has 0 spiro atoms. The molecule has 0 bridgehead atoms. The molecule has 5 nitrogen and oxygen atoms in total. The molecule has 19 heavy (non-hydrogen) atoms. The fourth-order valence-corrected chi connectivity index (χ4v) is 1.63. The first-order valence-electron chi connectivity index (χ1n) is 6.27. The van der Waals surface area contributed by atoms with E-state index >= 15 is 0 Å². The van der Waals surface area contributed by atoms with Crippen LogP contribution >= 0.6 is 0 Å². The summed E-state index contributed by atoms with van der Waals surface area (Å²) in [5, 5.41) is 14.5. The van der Waals surface area contributed by atoms with Crippen LogP contribution < -0.4 is 15.4 Å². The molecule has 0 aromatic heterocycles. The third kappa shape index (κ3) is 5.18. The number of rotatable bonds is 6. The lowest BCUT2D eigenvalue weighted by Crippen LogP contribution is -2.37. The van der Waals surface area contributed by atoms with E-state index in [1.54, 1.807) is 19.2 Å². The number of hydrogen-bond acceptors (Lipinski definition) is 3. The van der Waals surface area contributed by atoms with E-state index in [1.807, 2.05) is 26.0 Å². The first kappa shape index (κ1) is 15.3. The molecule has 1 aromatic carbocycles. The number of carbonyl (C=O) groups is 1. The summed E-state index contributed by atoms with van der Waals surface area (Å²) in [4.78, 5) is 11.8. The van der Waals surface area contributed by atoms with Crippen LogP contribution in [0.1, 0.15) is 20.3 Å². The zero-order valence-corrected chi connectivity index (χ0v) is 11.7. The number of aliphatic hydroxyl groups excluding tert-OH is 1. The van der Waals surface area contributed by atoms with Crippen molar-refractivity contribution in [1.82, 2.24) is 5.32 Å². The van der Waals surface area contributed by atoms with E-state index in [-0.39, 0.29) is 18.1 Å². The van der Waals surface area contributed by atoms with Gasteiger partial charge in [0.15, 0.2) is 0 Å². The number of anilines is 1. The molecule has 0 heterocycles. The van der Waals surface area contributed by atoms with Gasteiger partial charge in [-0.15, -0.1) is 0 Å². The van der Waals surface area contributed by atoms with Gasteiger partial charge in [-0.05, 0) is 24.0 Å². The standard InChI is InChI=1S/C14H22N2O3/c1-14(2,8-9-17)10-15-13(18)16-11-6-4-5-7-12(11)19-3/h4-7,17H,8-10H2,1-3H3,(H2,15,16,18). The highest BCUT2D eigenvalue weighted by Crippen LogP contribution is 2.23. The van der Waals surface area contributed by atoms with Crippen LogP contribution in [0.3, 0.4) is 0 Å². The zero-order chi connectivity index (χ0) is 14.3. The molecule has 1 rings (SSSR count). The van der Waals surface area contributed by atoms with Crippen LogP contribution in [0.15, 0.2) is 24.3 Å². The van der Waals surface area contributed by atoms with Gasteiger partial charge in [-0.2, -0.15) is 0 Å². The number of methoxy groups -OCH3 is 1. The van der Waals surface area contributed by atoms with Crippen molar-refractivity contribution < 1.29 is 14.6 Å². The summed E-state index contributed by atoms with van der Waals surface area (Å²) in [7, 11) is 1.56. The second-order valence-corrected chi connectivity index (χ2v) is 5.15. The van der Waals surface area contributed by atoms with E-state index in [1.165, 1.54) is 0 Å². The van der Waals surface area contributed by atoms with Crippen molar-refractivity contribution in [2.45, 2.75) is 20.3 Å². The summed E-state index contributed by atoms with van der Waals surface area (Å²) in [6.07, 6.45) is 0.641. The molecule has 106 valence electrons. The molecule has 0 aliphatic heterocycles. The van der Waals surface area contributed by atoms with Gasteiger partial charge >= 0.3 is 6.03 Å². The summed E-state index contributed by atoms with van der Waals surface area (Å²) < 4.78 is 5.15. The Balaban J connectivity index is 2.52. The Hall–Kier alpha value is -1.75. The topological polar surface area (TPSA) is 70.6 Å². The Morgan fingerprint density at radius 3 is 2.68 bits per heavy atom. The van der Waals surface area contributed by atoms with Crippen LogP contribution in [0.2, 0.25) is 0 Å². The third-order valence-corrected chi connectivity index (χ3v) is 2.87. The number of urea groups is 1. The molecular formula is C14H22N2O3. The third-order valence-electron chi connectivity index (χ3n) is 2.87. The number of carbonyl (C=O) groups excluding carboxylic acids is 1. The normalized spacial score (nSPS) is 10.9. The molecule has 0 unspecified atom stereocenters. The van der Waals surface area contributed by atoms with Crippen molar-refractivity contribution in [1.29, 1.82) is 0 Å². The molecule has 0 saturated heterocycles. The highest BCUT2D eigenvalue weighted by molar-refractivity contribution is 5.90. The lowest BCUT2D eigenvalue weighted by atomic mass is 9.90. The van der Waals surface area contributed by atoms with Crippen LogP contribution in [-0.2, 0) is 0 Å². The lowest BCUT2D eigenvalue weighted by Gasteiger charge is -2.24.